The average Bonchev–Trinajstić information content (AvgIpc) is 2.27. The second kappa shape index (κ2) is 4.40. The number of hydrogen-bond acceptors (Lipinski definition) is 1. The molecule has 0 aliphatic heterocycles. The lowest BCUT2D eigenvalue weighted by molar-refractivity contribution is 0.478. The summed E-state index contributed by atoms with van der Waals surface area (Å²) in [6.07, 6.45) is 0. The number of benzene rings is 2. The highest BCUT2D eigenvalue weighted by atomic mass is 16.5. The molecule has 0 aliphatic rings. The van der Waals surface area contributed by atoms with Gasteiger partial charge >= 0.3 is 0 Å². The fourth-order valence-corrected chi connectivity index (χ4v) is 1.58. The second-order valence-corrected chi connectivity index (χ2v) is 4.11. The monoisotopic (exact) mass is 212 g/mol. The van der Waals surface area contributed by atoms with Crippen LogP contribution in [0.3, 0.4) is 0 Å². The van der Waals surface area contributed by atoms with Gasteiger partial charge in [0.25, 0.3) is 0 Å². The Morgan fingerprint density at radius 3 is 2.19 bits per heavy atom. The molecule has 2 rings (SSSR count). The zero-order valence-electron chi connectivity index (χ0n) is 9.95. The highest BCUT2D eigenvalue weighted by molar-refractivity contribution is 5.39. The fraction of sp³-hybridized carbons (Fsp3) is 0.200. The quantitative estimate of drug-likeness (QED) is 0.716. The summed E-state index contributed by atoms with van der Waals surface area (Å²) in [4.78, 5) is 0. The minimum absolute atomic E-state index is 0.900. The number of aryl methyl sites for hydroxylation is 3. The van der Waals surface area contributed by atoms with E-state index in [2.05, 4.69) is 39.0 Å². The van der Waals surface area contributed by atoms with Crippen LogP contribution in [0.1, 0.15) is 16.7 Å². The van der Waals surface area contributed by atoms with Crippen molar-refractivity contribution in [2.75, 3.05) is 0 Å². The van der Waals surface area contributed by atoms with Crippen molar-refractivity contribution in [2.45, 2.75) is 20.8 Å². The van der Waals surface area contributed by atoms with Gasteiger partial charge in [0, 0.05) is 0 Å². The van der Waals surface area contributed by atoms with Gasteiger partial charge in [0.15, 0.2) is 0 Å². The van der Waals surface area contributed by atoms with Crippen molar-refractivity contribution in [2.24, 2.45) is 0 Å². The van der Waals surface area contributed by atoms with E-state index in [0.29, 0.717) is 0 Å². The summed E-state index contributed by atoms with van der Waals surface area (Å²) < 4.78 is 5.84. The van der Waals surface area contributed by atoms with Gasteiger partial charge in [-0.05, 0) is 55.7 Å². The van der Waals surface area contributed by atoms with E-state index in [0.717, 1.165) is 17.1 Å². The van der Waals surface area contributed by atoms with Crippen LogP contribution < -0.4 is 4.74 Å². The number of ether oxygens (including phenoxy) is 1. The molecule has 82 valence electrons. The summed E-state index contributed by atoms with van der Waals surface area (Å²) in [5.74, 6) is 1.82. The van der Waals surface area contributed by atoms with Crippen LogP contribution in [0.5, 0.6) is 11.5 Å². The van der Waals surface area contributed by atoms with Crippen LogP contribution in [0.2, 0.25) is 0 Å². The zero-order chi connectivity index (χ0) is 11.5. The van der Waals surface area contributed by atoms with Gasteiger partial charge in [-0.25, -0.2) is 0 Å². The molecule has 0 unspecified atom stereocenters. The van der Waals surface area contributed by atoms with E-state index >= 15 is 0 Å². The van der Waals surface area contributed by atoms with Crippen molar-refractivity contribution in [1.82, 2.24) is 0 Å². The van der Waals surface area contributed by atoms with Crippen molar-refractivity contribution >= 4 is 0 Å². The Morgan fingerprint density at radius 2 is 1.50 bits per heavy atom. The molecule has 0 atom stereocenters. The van der Waals surface area contributed by atoms with E-state index < -0.39 is 0 Å². The molecule has 0 N–H and O–H groups in total. The van der Waals surface area contributed by atoms with Crippen molar-refractivity contribution in [3.63, 3.8) is 0 Å². The van der Waals surface area contributed by atoms with Crippen molar-refractivity contribution < 1.29 is 4.74 Å². The molecule has 0 bridgehead atoms. The smallest absolute Gasteiger partial charge is 0.130 e. The highest BCUT2D eigenvalue weighted by Crippen LogP contribution is 2.25. The maximum atomic E-state index is 5.84. The molecule has 0 radical (unpaired) electrons. The zero-order valence-corrected chi connectivity index (χ0v) is 9.95. The molecule has 0 aromatic heterocycles. The van der Waals surface area contributed by atoms with Gasteiger partial charge in [0.05, 0.1) is 0 Å². The minimum atomic E-state index is 0.900. The van der Waals surface area contributed by atoms with E-state index in [4.69, 9.17) is 4.74 Å². The van der Waals surface area contributed by atoms with Crippen LogP contribution in [-0.4, -0.2) is 0 Å². The summed E-state index contributed by atoms with van der Waals surface area (Å²) in [6.45, 7) is 6.25. The Balaban J connectivity index is 2.28. The Labute approximate surface area is 96.7 Å². The first-order valence-corrected chi connectivity index (χ1v) is 5.47. The van der Waals surface area contributed by atoms with E-state index in [1.54, 1.807) is 0 Å². The molecule has 2 aromatic carbocycles. The van der Waals surface area contributed by atoms with Gasteiger partial charge in [-0.3, -0.25) is 0 Å². The Hall–Kier alpha value is -1.76. The molecule has 16 heavy (non-hydrogen) atoms. The standard InChI is InChI=1S/C15H16O/c1-11-8-9-14(10-13(11)3)16-15-7-5-4-6-12(15)2/h4-10H,1-3H3. The molecule has 0 fully saturated rings. The van der Waals surface area contributed by atoms with Crippen molar-refractivity contribution in [3.8, 4) is 11.5 Å². The fourth-order valence-electron chi connectivity index (χ4n) is 1.58. The summed E-state index contributed by atoms with van der Waals surface area (Å²) in [5.41, 5.74) is 3.70. The van der Waals surface area contributed by atoms with Gasteiger partial charge in [-0.1, -0.05) is 24.3 Å². The van der Waals surface area contributed by atoms with Gasteiger partial charge in [-0.15, -0.1) is 0 Å². The number of rotatable bonds is 2. The number of hydrogen-bond donors (Lipinski definition) is 0. The van der Waals surface area contributed by atoms with E-state index in [1.165, 1.54) is 11.1 Å². The summed E-state index contributed by atoms with van der Waals surface area (Å²) in [6, 6.07) is 14.2. The van der Waals surface area contributed by atoms with E-state index in [-0.39, 0.29) is 0 Å². The van der Waals surface area contributed by atoms with Crippen LogP contribution >= 0.6 is 0 Å². The van der Waals surface area contributed by atoms with E-state index in [9.17, 15) is 0 Å². The third kappa shape index (κ3) is 2.25. The molecule has 0 saturated carbocycles. The first kappa shape index (κ1) is 10.7. The van der Waals surface area contributed by atoms with Crippen molar-refractivity contribution in [3.05, 3.63) is 59.2 Å². The predicted octanol–water partition coefficient (Wildman–Crippen LogP) is 4.40. The predicted molar refractivity (Wildman–Crippen MR) is 67.2 cm³/mol. The molecule has 0 saturated heterocycles. The molecule has 0 aliphatic carbocycles. The largest absolute Gasteiger partial charge is 0.457 e. The SMILES string of the molecule is Cc1ccc(Oc2ccccc2C)cc1C. The van der Waals surface area contributed by atoms with Crippen LogP contribution in [0.4, 0.5) is 0 Å². The Morgan fingerprint density at radius 1 is 0.750 bits per heavy atom. The van der Waals surface area contributed by atoms with Gasteiger partial charge in [0.1, 0.15) is 11.5 Å². The van der Waals surface area contributed by atoms with Gasteiger partial charge in [-0.2, -0.15) is 0 Å². The average molecular weight is 212 g/mol. The maximum Gasteiger partial charge on any atom is 0.130 e. The normalized spacial score (nSPS) is 10.2. The van der Waals surface area contributed by atoms with Crippen LogP contribution in [0.25, 0.3) is 0 Å². The molecular weight excluding hydrogens is 196 g/mol. The maximum absolute atomic E-state index is 5.84. The molecular formula is C15H16O. The third-order valence-electron chi connectivity index (χ3n) is 2.80. The van der Waals surface area contributed by atoms with Gasteiger partial charge < -0.3 is 4.74 Å². The molecule has 0 heterocycles. The van der Waals surface area contributed by atoms with Crippen LogP contribution in [0.15, 0.2) is 42.5 Å². The molecule has 1 nitrogen and oxygen atoms in total. The van der Waals surface area contributed by atoms with Gasteiger partial charge in [0.2, 0.25) is 0 Å². The van der Waals surface area contributed by atoms with Crippen molar-refractivity contribution in [1.29, 1.82) is 0 Å². The second-order valence-electron chi connectivity index (χ2n) is 4.11. The summed E-state index contributed by atoms with van der Waals surface area (Å²) >= 11 is 0. The minimum Gasteiger partial charge on any atom is -0.457 e. The Kier molecular flexibility index (Phi) is 2.95. The van der Waals surface area contributed by atoms with Crippen LogP contribution in [-0.2, 0) is 0 Å². The molecule has 1 heteroatoms. The Bertz CT molecular complexity index is 501. The topological polar surface area (TPSA) is 9.23 Å². The van der Waals surface area contributed by atoms with Crippen LogP contribution in [0, 0.1) is 20.8 Å². The number of para-hydroxylation sites is 1. The highest BCUT2D eigenvalue weighted by Gasteiger charge is 2.01. The first-order chi connectivity index (χ1) is 7.66. The summed E-state index contributed by atoms with van der Waals surface area (Å²) in [7, 11) is 0. The lowest BCUT2D eigenvalue weighted by Crippen LogP contribution is -1.88. The van der Waals surface area contributed by atoms with E-state index in [1.807, 2.05) is 24.3 Å². The lowest BCUT2D eigenvalue weighted by Gasteiger charge is -2.09. The molecule has 2 aromatic rings. The lowest BCUT2D eigenvalue weighted by atomic mass is 10.1. The molecule has 0 amide bonds. The summed E-state index contributed by atoms with van der Waals surface area (Å²) in [5, 5.41) is 0. The third-order valence-corrected chi connectivity index (χ3v) is 2.80. The molecule has 0 spiro atoms. The first-order valence-electron chi connectivity index (χ1n) is 5.47.